The maximum absolute atomic E-state index is 12.9. The van der Waals surface area contributed by atoms with Crippen LogP contribution in [0.2, 0.25) is 5.02 Å². The van der Waals surface area contributed by atoms with E-state index >= 15 is 0 Å². The van der Waals surface area contributed by atoms with Gasteiger partial charge in [0.15, 0.2) is 0 Å². The highest BCUT2D eigenvalue weighted by Gasteiger charge is 2.30. The molecule has 1 amide bonds. The number of likely N-dealkylation sites (tertiary alicyclic amines) is 1. The molecule has 0 bridgehead atoms. The molecule has 4 nitrogen and oxygen atoms in total. The Kier molecular flexibility index (Phi) is 5.88. The monoisotopic (exact) mass is 398 g/mol. The average molecular weight is 399 g/mol. The average Bonchev–Trinajstić information content (AvgIpc) is 2.69. The van der Waals surface area contributed by atoms with Crippen molar-refractivity contribution in [1.82, 2.24) is 9.80 Å². The summed E-state index contributed by atoms with van der Waals surface area (Å²) in [6.07, 6.45) is 3.17. The van der Waals surface area contributed by atoms with Gasteiger partial charge in [-0.3, -0.25) is 4.79 Å². The molecule has 0 aromatic heterocycles. The molecule has 1 atom stereocenters. The minimum Gasteiger partial charge on any atom is -0.490 e. The van der Waals surface area contributed by atoms with Crippen molar-refractivity contribution in [3.8, 4) is 5.75 Å². The van der Waals surface area contributed by atoms with E-state index in [-0.39, 0.29) is 18.1 Å². The van der Waals surface area contributed by atoms with Crippen molar-refractivity contribution in [2.24, 2.45) is 0 Å². The summed E-state index contributed by atoms with van der Waals surface area (Å²) in [6, 6.07) is 15.9. The van der Waals surface area contributed by atoms with E-state index in [1.165, 1.54) is 5.56 Å². The van der Waals surface area contributed by atoms with Crippen LogP contribution in [0.1, 0.15) is 35.7 Å². The molecule has 2 aromatic carbocycles. The Hall–Kier alpha value is -2.04. The van der Waals surface area contributed by atoms with Crippen LogP contribution in [0.5, 0.6) is 5.75 Å². The number of nitrogens with zero attached hydrogens (tertiary/aromatic N) is 2. The third-order valence-electron chi connectivity index (χ3n) is 5.85. The first-order valence-electron chi connectivity index (χ1n) is 10.1. The summed E-state index contributed by atoms with van der Waals surface area (Å²) < 4.78 is 6.08. The molecule has 5 heteroatoms. The van der Waals surface area contributed by atoms with E-state index in [1.54, 1.807) is 0 Å². The molecule has 1 unspecified atom stereocenters. The fourth-order valence-electron chi connectivity index (χ4n) is 4.24. The molecule has 2 heterocycles. The molecule has 0 radical (unpaired) electrons. The first-order chi connectivity index (χ1) is 13.6. The van der Waals surface area contributed by atoms with Gasteiger partial charge in [0, 0.05) is 42.8 Å². The van der Waals surface area contributed by atoms with Gasteiger partial charge in [0.1, 0.15) is 11.9 Å². The van der Waals surface area contributed by atoms with Crippen LogP contribution in [0, 0.1) is 0 Å². The number of fused-ring (bicyclic) bond motifs is 1. The Morgan fingerprint density at radius 3 is 2.64 bits per heavy atom. The number of piperidine rings is 1. The summed E-state index contributed by atoms with van der Waals surface area (Å²) >= 11 is 6.04. The Bertz CT molecular complexity index is 833. The van der Waals surface area contributed by atoms with Gasteiger partial charge in [-0.1, -0.05) is 35.9 Å². The van der Waals surface area contributed by atoms with Crippen molar-refractivity contribution < 1.29 is 9.53 Å². The lowest BCUT2D eigenvalue weighted by atomic mass is 9.94. The fourth-order valence-corrected chi connectivity index (χ4v) is 4.43. The molecule has 4 rings (SSSR count). The molecule has 0 N–H and O–H groups in total. The zero-order valence-electron chi connectivity index (χ0n) is 16.3. The van der Waals surface area contributed by atoms with Crippen LogP contribution >= 0.6 is 11.6 Å². The lowest BCUT2D eigenvalue weighted by Crippen LogP contribution is -2.49. The van der Waals surface area contributed by atoms with Crippen molar-refractivity contribution in [2.75, 3.05) is 26.2 Å². The number of amides is 1. The number of halogens is 1. The standard InChI is InChI=1S/C23H27ClN2O2/c1-17-15-18-5-2-3-8-22(18)23(27)26(17)14-13-25-11-9-20(10-12-25)28-21-7-4-6-19(24)16-21/h2-8,16-17,20H,9-15H2,1H3. The number of rotatable bonds is 5. The van der Waals surface area contributed by atoms with Crippen LogP contribution in [0.15, 0.2) is 48.5 Å². The largest absolute Gasteiger partial charge is 0.490 e. The summed E-state index contributed by atoms with van der Waals surface area (Å²) in [7, 11) is 0. The molecular weight excluding hydrogens is 372 g/mol. The van der Waals surface area contributed by atoms with Gasteiger partial charge in [-0.2, -0.15) is 0 Å². The van der Waals surface area contributed by atoms with Gasteiger partial charge in [-0.05, 0) is 56.0 Å². The van der Waals surface area contributed by atoms with E-state index in [4.69, 9.17) is 16.3 Å². The summed E-state index contributed by atoms with van der Waals surface area (Å²) in [4.78, 5) is 17.3. The predicted molar refractivity (Wildman–Crippen MR) is 112 cm³/mol. The summed E-state index contributed by atoms with van der Waals surface area (Å²) in [5.74, 6) is 1.02. The summed E-state index contributed by atoms with van der Waals surface area (Å²) in [6.45, 7) is 5.85. The normalized spacial score (nSPS) is 20.9. The van der Waals surface area contributed by atoms with Crippen LogP contribution in [-0.2, 0) is 6.42 Å². The quantitative estimate of drug-likeness (QED) is 0.754. The van der Waals surface area contributed by atoms with Gasteiger partial charge in [-0.15, -0.1) is 0 Å². The van der Waals surface area contributed by atoms with Crippen molar-refractivity contribution in [3.05, 3.63) is 64.7 Å². The van der Waals surface area contributed by atoms with Gasteiger partial charge in [0.2, 0.25) is 0 Å². The van der Waals surface area contributed by atoms with Crippen molar-refractivity contribution in [2.45, 2.75) is 38.3 Å². The van der Waals surface area contributed by atoms with Crippen LogP contribution < -0.4 is 4.74 Å². The highest BCUT2D eigenvalue weighted by Crippen LogP contribution is 2.24. The third kappa shape index (κ3) is 4.34. The Labute approximate surface area is 172 Å². The minimum atomic E-state index is 0.175. The van der Waals surface area contributed by atoms with E-state index in [0.717, 1.165) is 56.8 Å². The first-order valence-corrected chi connectivity index (χ1v) is 10.5. The van der Waals surface area contributed by atoms with E-state index in [2.05, 4.69) is 17.9 Å². The lowest BCUT2D eigenvalue weighted by molar-refractivity contribution is 0.0588. The van der Waals surface area contributed by atoms with Crippen LogP contribution in [0.25, 0.3) is 0 Å². The number of hydrogen-bond donors (Lipinski definition) is 0. The number of carbonyl (C=O) groups excluding carboxylic acids is 1. The van der Waals surface area contributed by atoms with Gasteiger partial charge >= 0.3 is 0 Å². The summed E-state index contributed by atoms with van der Waals surface area (Å²) in [5.41, 5.74) is 2.05. The van der Waals surface area contributed by atoms with Gasteiger partial charge in [0.25, 0.3) is 5.91 Å². The molecule has 1 fully saturated rings. The van der Waals surface area contributed by atoms with Gasteiger partial charge < -0.3 is 14.5 Å². The van der Waals surface area contributed by atoms with E-state index in [1.807, 2.05) is 47.4 Å². The SMILES string of the molecule is CC1Cc2ccccc2C(=O)N1CCN1CCC(Oc2cccc(Cl)c2)CC1. The molecule has 2 aromatic rings. The Morgan fingerprint density at radius 2 is 1.86 bits per heavy atom. The second-order valence-corrected chi connectivity index (χ2v) is 8.26. The maximum Gasteiger partial charge on any atom is 0.254 e. The zero-order valence-corrected chi connectivity index (χ0v) is 17.1. The number of hydrogen-bond acceptors (Lipinski definition) is 3. The number of ether oxygens (including phenoxy) is 1. The van der Waals surface area contributed by atoms with Crippen LogP contribution in [0.3, 0.4) is 0 Å². The number of benzene rings is 2. The van der Waals surface area contributed by atoms with Crippen LogP contribution in [0.4, 0.5) is 0 Å². The highest BCUT2D eigenvalue weighted by atomic mass is 35.5. The molecule has 2 aliphatic heterocycles. The Morgan fingerprint density at radius 1 is 1.07 bits per heavy atom. The summed E-state index contributed by atoms with van der Waals surface area (Å²) in [5, 5.41) is 0.705. The molecule has 2 aliphatic rings. The topological polar surface area (TPSA) is 32.8 Å². The molecule has 148 valence electrons. The second kappa shape index (κ2) is 8.54. The van der Waals surface area contributed by atoms with Crippen molar-refractivity contribution in [3.63, 3.8) is 0 Å². The molecule has 0 saturated carbocycles. The van der Waals surface area contributed by atoms with E-state index in [9.17, 15) is 4.79 Å². The third-order valence-corrected chi connectivity index (χ3v) is 6.08. The lowest BCUT2D eigenvalue weighted by Gasteiger charge is -2.37. The Balaban J connectivity index is 1.27. The predicted octanol–water partition coefficient (Wildman–Crippen LogP) is 4.27. The molecular formula is C23H27ClN2O2. The smallest absolute Gasteiger partial charge is 0.254 e. The second-order valence-electron chi connectivity index (χ2n) is 7.83. The molecule has 0 spiro atoms. The van der Waals surface area contributed by atoms with Gasteiger partial charge in [-0.25, -0.2) is 0 Å². The highest BCUT2D eigenvalue weighted by molar-refractivity contribution is 6.30. The van der Waals surface area contributed by atoms with Gasteiger partial charge in [0.05, 0.1) is 0 Å². The number of carbonyl (C=O) groups is 1. The van der Waals surface area contributed by atoms with E-state index < -0.39 is 0 Å². The van der Waals surface area contributed by atoms with Crippen LogP contribution in [-0.4, -0.2) is 54.0 Å². The molecule has 1 saturated heterocycles. The minimum absolute atomic E-state index is 0.175. The molecule has 28 heavy (non-hydrogen) atoms. The fraction of sp³-hybridized carbons (Fsp3) is 0.435. The maximum atomic E-state index is 12.9. The van der Waals surface area contributed by atoms with Crippen molar-refractivity contribution in [1.29, 1.82) is 0 Å². The molecule has 0 aliphatic carbocycles. The zero-order chi connectivity index (χ0) is 19.5. The van der Waals surface area contributed by atoms with E-state index in [0.29, 0.717) is 5.02 Å². The first kappa shape index (κ1) is 19.3. The van der Waals surface area contributed by atoms with Crippen molar-refractivity contribution >= 4 is 17.5 Å².